The molecule has 0 bridgehead atoms. The zero-order valence-corrected chi connectivity index (χ0v) is 13.7. The van der Waals surface area contributed by atoms with Crippen molar-refractivity contribution in [1.29, 1.82) is 0 Å². The van der Waals surface area contributed by atoms with Crippen molar-refractivity contribution in [2.75, 3.05) is 7.11 Å². The van der Waals surface area contributed by atoms with E-state index in [1.165, 1.54) is 14.0 Å². The Hall–Kier alpha value is 0.0549. The molecule has 2 unspecified atom stereocenters. The highest BCUT2D eigenvalue weighted by molar-refractivity contribution is 7.53. The van der Waals surface area contributed by atoms with Crippen LogP contribution in [-0.4, -0.2) is 65.8 Å². The van der Waals surface area contributed by atoms with Gasteiger partial charge >= 0.3 is 7.60 Å². The number of ether oxygens (including phenoxy) is 2. The van der Waals surface area contributed by atoms with E-state index in [0.29, 0.717) is 6.42 Å². The lowest BCUT2D eigenvalue weighted by Crippen LogP contribution is -2.39. The number of methoxy groups -OCH3 is 1. The molecule has 0 aromatic carbocycles. The molecule has 9 heteroatoms. The summed E-state index contributed by atoms with van der Waals surface area (Å²) in [5, 5.41) is 19.4. The van der Waals surface area contributed by atoms with Crippen molar-refractivity contribution in [2.45, 2.75) is 69.4 Å². The Morgan fingerprint density at radius 1 is 1.52 bits per heavy atom. The Morgan fingerprint density at radius 2 is 2.10 bits per heavy atom. The lowest BCUT2D eigenvalue weighted by atomic mass is 9.89. The second-order valence-corrected chi connectivity index (χ2v) is 7.68. The molecule has 1 fully saturated rings. The van der Waals surface area contributed by atoms with Gasteiger partial charge in [0.1, 0.15) is 20.1 Å². The lowest BCUT2D eigenvalue weighted by molar-refractivity contribution is -0.0412. The second kappa shape index (κ2) is 7.09. The molecule has 7 nitrogen and oxygen atoms in total. The topological polar surface area (TPSA) is 105 Å². The summed E-state index contributed by atoms with van der Waals surface area (Å²) in [4.78, 5) is 9.68. The Labute approximate surface area is 126 Å². The van der Waals surface area contributed by atoms with Crippen LogP contribution < -0.4 is 0 Å². The highest BCUT2D eigenvalue weighted by atomic mass is 31.2. The van der Waals surface area contributed by atoms with Crippen LogP contribution in [0.5, 0.6) is 0 Å². The molecule has 1 saturated heterocycles. The van der Waals surface area contributed by atoms with E-state index < -0.39 is 43.4 Å². The van der Waals surface area contributed by atoms with Crippen molar-refractivity contribution in [1.82, 2.24) is 0 Å². The van der Waals surface area contributed by atoms with Crippen LogP contribution in [0.3, 0.4) is 0 Å². The summed E-state index contributed by atoms with van der Waals surface area (Å²) < 4.78 is 27.6. The van der Waals surface area contributed by atoms with Crippen LogP contribution in [0.25, 0.3) is 0 Å². The number of hydrogen-bond donors (Lipinski definition) is 3. The molecule has 1 aliphatic rings. The first kappa shape index (κ1) is 19.1. The summed E-state index contributed by atoms with van der Waals surface area (Å²) in [6.45, 7) is 4.59. The molecule has 0 aliphatic carbocycles. The molecule has 1 rings (SSSR count). The zero-order valence-electron chi connectivity index (χ0n) is 12.8. The first-order chi connectivity index (χ1) is 9.56. The summed E-state index contributed by atoms with van der Waals surface area (Å²) >= 11 is 0. The Kier molecular flexibility index (Phi) is 6.45. The predicted octanol–water partition coefficient (Wildman–Crippen LogP) is 0.355. The summed E-state index contributed by atoms with van der Waals surface area (Å²) in [6.07, 6.45) is -1.75. The molecule has 2 radical (unpaired) electrons. The van der Waals surface area contributed by atoms with Crippen molar-refractivity contribution < 1.29 is 33.7 Å². The maximum atomic E-state index is 11.9. The fourth-order valence-electron chi connectivity index (χ4n) is 2.27. The zero-order chi connectivity index (χ0) is 16.4. The van der Waals surface area contributed by atoms with Crippen LogP contribution in [0.15, 0.2) is 0 Å². The van der Waals surface area contributed by atoms with Gasteiger partial charge in [0.05, 0.1) is 11.7 Å². The number of aliphatic hydroxyl groups is 2. The summed E-state index contributed by atoms with van der Waals surface area (Å²) in [5.74, 6) is -1.49. The highest BCUT2D eigenvalue weighted by Gasteiger charge is 2.46. The molecular weight excluding hydrogens is 298 g/mol. The molecule has 0 aromatic rings. The first-order valence-electron chi connectivity index (χ1n) is 6.89. The molecule has 1 heterocycles. The first-order valence-corrected chi connectivity index (χ1v) is 8.54. The molecule has 0 saturated carbocycles. The van der Waals surface area contributed by atoms with Crippen LogP contribution >= 0.6 is 7.60 Å². The van der Waals surface area contributed by atoms with Crippen LogP contribution in [-0.2, 0) is 18.6 Å². The normalized spacial score (nSPS) is 36.9. The van der Waals surface area contributed by atoms with E-state index in [-0.39, 0.29) is 6.42 Å². The third-order valence-electron chi connectivity index (χ3n) is 3.85. The molecule has 0 amide bonds. The van der Waals surface area contributed by atoms with E-state index >= 15 is 0 Å². The minimum absolute atomic E-state index is 0.148. The van der Waals surface area contributed by atoms with E-state index in [2.05, 4.69) is 0 Å². The summed E-state index contributed by atoms with van der Waals surface area (Å²) in [6, 6.07) is -0.770. The smallest absolute Gasteiger partial charge is 0.356 e. The summed E-state index contributed by atoms with van der Waals surface area (Å²) in [7, 11) is 2.97. The third-order valence-corrected chi connectivity index (χ3v) is 5.50. The average Bonchev–Trinajstić information content (AvgIpc) is 2.63. The van der Waals surface area contributed by atoms with Crippen molar-refractivity contribution >= 4 is 15.4 Å². The van der Waals surface area contributed by atoms with E-state index in [1.807, 2.05) is 0 Å². The number of rotatable bonds is 7. The Balaban J connectivity index is 2.80. The van der Waals surface area contributed by atoms with Gasteiger partial charge in [0.2, 0.25) is 0 Å². The van der Waals surface area contributed by atoms with Gasteiger partial charge in [-0.2, -0.15) is 0 Å². The predicted molar refractivity (Wildman–Crippen MR) is 77.1 cm³/mol. The van der Waals surface area contributed by atoms with Crippen molar-refractivity contribution in [3.05, 3.63) is 0 Å². The minimum atomic E-state index is -4.16. The van der Waals surface area contributed by atoms with Crippen molar-refractivity contribution in [3.63, 3.8) is 0 Å². The molecule has 122 valence electrons. The quantitative estimate of drug-likeness (QED) is 0.459. The van der Waals surface area contributed by atoms with Crippen LogP contribution in [0, 0.1) is 0 Å². The van der Waals surface area contributed by atoms with Gasteiger partial charge < -0.3 is 29.1 Å². The van der Waals surface area contributed by atoms with Crippen LogP contribution in [0.2, 0.25) is 0 Å². The van der Waals surface area contributed by atoms with Gasteiger partial charge in [0.25, 0.3) is 0 Å². The Bertz CT molecular complexity index is 394. The third kappa shape index (κ3) is 4.51. The fraction of sp³-hybridized carbons (Fsp3) is 1.00. The van der Waals surface area contributed by atoms with Crippen molar-refractivity contribution in [2.24, 2.45) is 0 Å². The SMILES string of the molecule is [B][C@@H]1O[C@H](CC(C)(CC)OP(=O)(O)[C@H](C)O)[C@@H](O)[C@H]1OC. The molecule has 3 N–H and O–H groups in total. The van der Waals surface area contributed by atoms with Gasteiger partial charge in [-0.25, -0.2) is 0 Å². The number of aliphatic hydroxyl groups excluding tert-OH is 2. The second-order valence-electron chi connectivity index (χ2n) is 5.62. The van der Waals surface area contributed by atoms with Crippen LogP contribution in [0.4, 0.5) is 0 Å². The van der Waals surface area contributed by atoms with Crippen molar-refractivity contribution in [3.8, 4) is 0 Å². The average molecular weight is 322 g/mol. The van der Waals surface area contributed by atoms with E-state index in [1.54, 1.807) is 13.8 Å². The van der Waals surface area contributed by atoms with E-state index in [9.17, 15) is 19.7 Å². The number of hydrogen-bond acceptors (Lipinski definition) is 6. The molecule has 7 atom stereocenters. The maximum absolute atomic E-state index is 11.9. The molecule has 1 aliphatic heterocycles. The van der Waals surface area contributed by atoms with E-state index in [4.69, 9.17) is 21.8 Å². The molecular formula is C12H24BO7P. The minimum Gasteiger partial charge on any atom is -0.388 e. The largest absolute Gasteiger partial charge is 0.388 e. The maximum Gasteiger partial charge on any atom is 0.356 e. The molecule has 0 aromatic heterocycles. The van der Waals surface area contributed by atoms with Gasteiger partial charge in [-0.3, -0.25) is 4.57 Å². The van der Waals surface area contributed by atoms with Gasteiger partial charge in [0, 0.05) is 19.5 Å². The Morgan fingerprint density at radius 3 is 2.48 bits per heavy atom. The summed E-state index contributed by atoms with van der Waals surface area (Å²) in [5.41, 5.74) is -1.05. The molecule has 21 heavy (non-hydrogen) atoms. The monoisotopic (exact) mass is 322 g/mol. The molecule has 0 spiro atoms. The van der Waals surface area contributed by atoms with Gasteiger partial charge in [-0.15, -0.1) is 0 Å². The van der Waals surface area contributed by atoms with Gasteiger partial charge in [-0.1, -0.05) is 6.92 Å². The van der Waals surface area contributed by atoms with Gasteiger partial charge in [0.15, 0.2) is 5.85 Å². The fourth-order valence-corrected chi connectivity index (χ4v) is 3.26. The van der Waals surface area contributed by atoms with E-state index in [0.717, 1.165) is 0 Å². The van der Waals surface area contributed by atoms with Crippen LogP contribution in [0.1, 0.15) is 33.6 Å². The van der Waals surface area contributed by atoms with Gasteiger partial charge in [-0.05, 0) is 20.3 Å². The standard InChI is InChI=1S/C12H24BO7P/c1-5-12(3,20-21(16,17)7(2)14)6-8-9(15)10(18-4)11(13)19-8/h7-11,14-15H,5-6H2,1-4H3,(H,16,17)/t7-,8-,9-,10-,11-,12?/m1/s1. The lowest BCUT2D eigenvalue weighted by Gasteiger charge is -2.34. The highest BCUT2D eigenvalue weighted by Crippen LogP contribution is 2.51.